The second-order valence-corrected chi connectivity index (χ2v) is 9.18. The van der Waals surface area contributed by atoms with Crippen LogP contribution in [-0.4, -0.2) is 48.2 Å². The predicted octanol–water partition coefficient (Wildman–Crippen LogP) is 2.41. The minimum atomic E-state index is -3.75. The molecule has 0 bridgehead atoms. The van der Waals surface area contributed by atoms with Crippen molar-refractivity contribution in [1.82, 2.24) is 10.0 Å². The molecular formula is C23H30N2O7S. The Balaban J connectivity index is 2.07. The minimum absolute atomic E-state index is 0.0992. The van der Waals surface area contributed by atoms with Gasteiger partial charge >= 0.3 is 5.97 Å². The third-order valence-electron chi connectivity index (χ3n) is 5.18. The van der Waals surface area contributed by atoms with Crippen LogP contribution in [0.25, 0.3) is 0 Å². The van der Waals surface area contributed by atoms with E-state index in [1.54, 1.807) is 30.3 Å². The molecule has 0 saturated heterocycles. The molecule has 2 rings (SSSR count). The Morgan fingerprint density at radius 1 is 0.939 bits per heavy atom. The second kappa shape index (κ2) is 11.7. The highest BCUT2D eigenvalue weighted by atomic mass is 32.2. The molecule has 0 fully saturated rings. The van der Waals surface area contributed by atoms with Gasteiger partial charge in [0.2, 0.25) is 15.9 Å². The number of aryl methyl sites for hydroxylation is 2. The van der Waals surface area contributed by atoms with Crippen molar-refractivity contribution in [2.75, 3.05) is 27.9 Å². The molecule has 2 aromatic rings. The van der Waals surface area contributed by atoms with E-state index in [4.69, 9.17) is 14.2 Å². The molecule has 0 aromatic heterocycles. The number of amides is 1. The summed E-state index contributed by atoms with van der Waals surface area (Å²) in [4.78, 5) is 24.6. The van der Waals surface area contributed by atoms with Crippen LogP contribution in [0.2, 0.25) is 0 Å². The number of esters is 1. The number of hydrogen-bond acceptors (Lipinski definition) is 7. The summed E-state index contributed by atoms with van der Waals surface area (Å²) in [5.41, 5.74) is 2.46. The van der Waals surface area contributed by atoms with Crippen LogP contribution in [0.4, 0.5) is 0 Å². The molecule has 180 valence electrons. The Kier molecular flexibility index (Phi) is 9.24. The fourth-order valence-corrected chi connectivity index (χ4v) is 4.22. The molecule has 1 unspecified atom stereocenters. The van der Waals surface area contributed by atoms with Gasteiger partial charge in [-0.15, -0.1) is 0 Å². The van der Waals surface area contributed by atoms with E-state index in [1.165, 1.54) is 27.4 Å². The molecule has 2 aromatic carbocycles. The van der Waals surface area contributed by atoms with E-state index in [0.717, 1.165) is 11.1 Å². The maximum Gasteiger partial charge on any atom is 0.307 e. The van der Waals surface area contributed by atoms with E-state index in [9.17, 15) is 18.0 Å². The molecule has 2 N–H and O–H groups in total. The summed E-state index contributed by atoms with van der Waals surface area (Å²) in [6, 6.07) is 9.18. The highest BCUT2D eigenvalue weighted by Crippen LogP contribution is 2.31. The molecule has 0 saturated carbocycles. The normalized spacial score (nSPS) is 12.0. The van der Waals surface area contributed by atoms with Crippen LogP contribution < -0.4 is 19.5 Å². The summed E-state index contributed by atoms with van der Waals surface area (Å²) in [7, 11) is 0.499. The first-order valence-corrected chi connectivity index (χ1v) is 11.7. The van der Waals surface area contributed by atoms with Crippen LogP contribution in [0, 0.1) is 13.8 Å². The van der Waals surface area contributed by atoms with Crippen molar-refractivity contribution in [1.29, 1.82) is 0 Å². The number of carbonyl (C=O) groups excluding carboxylic acids is 2. The number of methoxy groups -OCH3 is 3. The molecule has 0 aliphatic rings. The maximum absolute atomic E-state index is 12.5. The SMILES string of the molecule is COC(=O)CC(NC(=O)CCNS(=O)(=O)c1ccc(C)c(C)c1)c1ccc(OC)c(OC)c1. The van der Waals surface area contributed by atoms with Gasteiger partial charge in [0.05, 0.1) is 38.7 Å². The topological polar surface area (TPSA) is 120 Å². The van der Waals surface area contributed by atoms with E-state index < -0.39 is 27.9 Å². The van der Waals surface area contributed by atoms with Gasteiger partial charge in [-0.2, -0.15) is 0 Å². The molecular weight excluding hydrogens is 448 g/mol. The van der Waals surface area contributed by atoms with E-state index in [2.05, 4.69) is 10.0 Å². The standard InChI is InChI=1S/C23H30N2O7S/c1-15-6-8-18(12-16(15)2)33(28,29)24-11-10-22(26)25-19(14-23(27)32-5)17-7-9-20(30-3)21(13-17)31-4/h6-9,12-13,19,24H,10-11,14H2,1-5H3,(H,25,26). The summed E-state index contributed by atoms with van der Waals surface area (Å²) in [5.74, 6) is 0.0115. The van der Waals surface area contributed by atoms with E-state index in [0.29, 0.717) is 17.1 Å². The Hall–Kier alpha value is -3.11. The quantitative estimate of drug-likeness (QED) is 0.476. The zero-order valence-electron chi connectivity index (χ0n) is 19.4. The molecule has 9 nitrogen and oxygen atoms in total. The average molecular weight is 479 g/mol. The van der Waals surface area contributed by atoms with Gasteiger partial charge in [0.15, 0.2) is 11.5 Å². The monoisotopic (exact) mass is 478 g/mol. The largest absolute Gasteiger partial charge is 0.493 e. The summed E-state index contributed by atoms with van der Waals surface area (Å²) < 4.78 is 42.7. The van der Waals surface area contributed by atoms with E-state index in [-0.39, 0.29) is 24.3 Å². The summed E-state index contributed by atoms with van der Waals surface area (Å²) in [6.45, 7) is 3.63. The molecule has 0 aliphatic heterocycles. The van der Waals surface area contributed by atoms with Crippen molar-refractivity contribution in [2.45, 2.75) is 37.6 Å². The molecule has 10 heteroatoms. The molecule has 0 spiro atoms. The smallest absolute Gasteiger partial charge is 0.307 e. The molecule has 0 aliphatic carbocycles. The van der Waals surface area contributed by atoms with Crippen molar-refractivity contribution in [3.8, 4) is 11.5 Å². The van der Waals surface area contributed by atoms with Crippen LogP contribution >= 0.6 is 0 Å². The minimum Gasteiger partial charge on any atom is -0.493 e. The van der Waals surface area contributed by atoms with Gasteiger partial charge in [0, 0.05) is 13.0 Å². The average Bonchev–Trinajstić information content (AvgIpc) is 2.79. The van der Waals surface area contributed by atoms with Gasteiger partial charge in [-0.05, 0) is 54.8 Å². The van der Waals surface area contributed by atoms with Crippen molar-refractivity contribution in [3.63, 3.8) is 0 Å². The van der Waals surface area contributed by atoms with Gasteiger partial charge in [-0.3, -0.25) is 9.59 Å². The Morgan fingerprint density at radius 3 is 2.24 bits per heavy atom. The fourth-order valence-electron chi connectivity index (χ4n) is 3.10. The maximum atomic E-state index is 12.5. The lowest BCUT2D eigenvalue weighted by Crippen LogP contribution is -2.34. The second-order valence-electron chi connectivity index (χ2n) is 7.41. The number of carbonyl (C=O) groups is 2. The van der Waals surface area contributed by atoms with Crippen molar-refractivity contribution < 1.29 is 32.2 Å². The van der Waals surface area contributed by atoms with Crippen LogP contribution in [0.5, 0.6) is 11.5 Å². The molecule has 33 heavy (non-hydrogen) atoms. The Bertz CT molecular complexity index is 1100. The first-order chi connectivity index (χ1) is 15.6. The van der Waals surface area contributed by atoms with Crippen LogP contribution in [-0.2, 0) is 24.3 Å². The van der Waals surface area contributed by atoms with Crippen LogP contribution in [0.1, 0.15) is 35.6 Å². The van der Waals surface area contributed by atoms with E-state index >= 15 is 0 Å². The van der Waals surface area contributed by atoms with Crippen molar-refractivity contribution in [3.05, 3.63) is 53.1 Å². The third-order valence-corrected chi connectivity index (χ3v) is 6.64. The van der Waals surface area contributed by atoms with Gasteiger partial charge < -0.3 is 19.5 Å². The first-order valence-electron chi connectivity index (χ1n) is 10.3. The predicted molar refractivity (Wildman–Crippen MR) is 123 cm³/mol. The Morgan fingerprint density at radius 2 is 1.64 bits per heavy atom. The van der Waals surface area contributed by atoms with Crippen LogP contribution in [0.3, 0.4) is 0 Å². The highest BCUT2D eigenvalue weighted by Gasteiger charge is 2.21. The number of rotatable bonds is 11. The zero-order chi connectivity index (χ0) is 24.6. The molecule has 1 amide bonds. The first kappa shape index (κ1) is 26.1. The number of nitrogens with one attached hydrogen (secondary N) is 2. The summed E-state index contributed by atoms with van der Waals surface area (Å²) in [6.07, 6.45) is -0.221. The summed E-state index contributed by atoms with van der Waals surface area (Å²) in [5, 5.41) is 2.76. The number of ether oxygens (including phenoxy) is 3. The molecule has 0 radical (unpaired) electrons. The number of benzene rings is 2. The summed E-state index contributed by atoms with van der Waals surface area (Å²) >= 11 is 0. The lowest BCUT2D eigenvalue weighted by atomic mass is 10.0. The van der Waals surface area contributed by atoms with Crippen molar-refractivity contribution >= 4 is 21.9 Å². The van der Waals surface area contributed by atoms with Crippen LogP contribution in [0.15, 0.2) is 41.3 Å². The zero-order valence-corrected chi connectivity index (χ0v) is 20.2. The fraction of sp³-hybridized carbons (Fsp3) is 0.391. The van der Waals surface area contributed by atoms with Crippen molar-refractivity contribution in [2.24, 2.45) is 0 Å². The van der Waals surface area contributed by atoms with Gasteiger partial charge in [0.1, 0.15) is 0 Å². The number of sulfonamides is 1. The van der Waals surface area contributed by atoms with Gasteiger partial charge in [-0.1, -0.05) is 12.1 Å². The highest BCUT2D eigenvalue weighted by molar-refractivity contribution is 7.89. The lowest BCUT2D eigenvalue weighted by Gasteiger charge is -2.20. The van der Waals surface area contributed by atoms with Gasteiger partial charge in [-0.25, -0.2) is 13.1 Å². The Labute approximate surface area is 194 Å². The molecule has 0 heterocycles. The lowest BCUT2D eigenvalue weighted by molar-refractivity contribution is -0.141. The molecule has 1 atom stereocenters. The van der Waals surface area contributed by atoms with E-state index in [1.807, 2.05) is 13.8 Å². The number of hydrogen-bond donors (Lipinski definition) is 2. The third kappa shape index (κ3) is 7.19. The van der Waals surface area contributed by atoms with Gasteiger partial charge in [0.25, 0.3) is 0 Å².